The molecule has 0 aliphatic heterocycles. The molecule has 0 aliphatic rings. The van der Waals surface area contributed by atoms with Crippen LogP contribution in [0, 0.1) is 0 Å². The van der Waals surface area contributed by atoms with E-state index in [0.29, 0.717) is 0 Å². The minimum atomic E-state index is 1.14. The van der Waals surface area contributed by atoms with Crippen molar-refractivity contribution in [2.45, 2.75) is 156 Å². The zero-order valence-electron chi connectivity index (χ0n) is 45.1. The molecule has 8 heteroatoms. The second kappa shape index (κ2) is 27.8. The molecule has 0 N–H and O–H groups in total. The first-order chi connectivity index (χ1) is 37.5. The van der Waals surface area contributed by atoms with Crippen LogP contribution in [0.3, 0.4) is 0 Å². The van der Waals surface area contributed by atoms with Crippen molar-refractivity contribution in [2.75, 3.05) is 0 Å². The van der Waals surface area contributed by atoms with E-state index in [1.54, 1.807) is 0 Å². The van der Waals surface area contributed by atoms with Crippen molar-refractivity contribution in [1.29, 1.82) is 0 Å². The third kappa shape index (κ3) is 13.7. The van der Waals surface area contributed by atoms with Crippen molar-refractivity contribution in [2.24, 2.45) is 0 Å². The molecule has 0 unspecified atom stereocenters. The number of unbranched alkanes of at least 4 members (excludes halogenated alkanes) is 12. The van der Waals surface area contributed by atoms with Gasteiger partial charge in [-0.3, -0.25) is 0 Å². The Bertz CT molecular complexity index is 3110. The maximum Gasteiger partial charge on any atom is 0.0481 e. The molecule has 0 saturated carbocycles. The molecule has 0 bridgehead atoms. The Morgan fingerprint density at radius 2 is 0.474 bits per heavy atom. The fourth-order valence-corrected chi connectivity index (χ4v) is 20.1. The number of benzene rings is 2. The summed E-state index contributed by atoms with van der Waals surface area (Å²) in [5.41, 5.74) is 8.76. The van der Waals surface area contributed by atoms with Crippen LogP contribution in [0.4, 0.5) is 0 Å². The molecule has 10 rings (SSSR count). The molecular formula is C68H74S8. The summed E-state index contributed by atoms with van der Waals surface area (Å²) < 4.78 is 0. The van der Waals surface area contributed by atoms with E-state index in [-0.39, 0.29) is 0 Å². The fraction of sp³-hybridized carbons (Fsp3) is 0.353. The number of rotatable bonds is 29. The number of aryl methyl sites for hydroxylation is 4. The molecule has 2 aromatic carbocycles. The highest BCUT2D eigenvalue weighted by atomic mass is 32.1. The molecule has 0 aliphatic carbocycles. The van der Waals surface area contributed by atoms with Crippen LogP contribution in [0.2, 0.25) is 0 Å². The standard InChI is InChI=1S/C68H74S8/c1-5-9-13-19-31-49-43-61(47-27-23-17-24-28-47)73-65(49)57-39-35-53(69-57)55-37-41-59(71-55)67-51(33-21-15-11-7-3)45-63(75-67)64-46-52(34-22-16-12-8-4)68(76-64)60-42-38-56(72-60)54-36-40-58(70-54)66-50(32-20-14-10-6-2)44-62(74-66)48-29-25-18-26-30-48/h17-18,23-30,35-46H,5-16,19-22,31-34H2,1-4H3. The summed E-state index contributed by atoms with van der Waals surface area (Å²) >= 11 is 16.0. The Morgan fingerprint density at radius 3 is 0.750 bits per heavy atom. The van der Waals surface area contributed by atoms with Crippen molar-refractivity contribution < 1.29 is 0 Å². The Morgan fingerprint density at radius 1 is 0.224 bits per heavy atom. The van der Waals surface area contributed by atoms with E-state index in [1.807, 2.05) is 90.7 Å². The van der Waals surface area contributed by atoms with Gasteiger partial charge in [-0.05, 0) is 158 Å². The molecule has 0 nitrogen and oxygen atoms in total. The van der Waals surface area contributed by atoms with Crippen molar-refractivity contribution in [1.82, 2.24) is 0 Å². The lowest BCUT2D eigenvalue weighted by molar-refractivity contribution is 0.668. The van der Waals surface area contributed by atoms with E-state index in [9.17, 15) is 0 Å². The predicted octanol–water partition coefficient (Wildman–Crippen LogP) is 25.7. The molecule has 394 valence electrons. The van der Waals surface area contributed by atoms with E-state index in [4.69, 9.17) is 0 Å². The van der Waals surface area contributed by atoms with Crippen molar-refractivity contribution in [3.8, 4) is 89.2 Å². The van der Waals surface area contributed by atoms with Crippen LogP contribution < -0.4 is 0 Å². The van der Waals surface area contributed by atoms with E-state index in [2.05, 4.69) is 161 Å². The average Bonchev–Trinajstić information content (AvgIpc) is 4.31. The van der Waals surface area contributed by atoms with Gasteiger partial charge in [0.05, 0.1) is 0 Å². The Balaban J connectivity index is 0.929. The lowest BCUT2D eigenvalue weighted by Crippen LogP contribution is -1.85. The van der Waals surface area contributed by atoms with Gasteiger partial charge in [0.25, 0.3) is 0 Å². The highest BCUT2D eigenvalue weighted by Crippen LogP contribution is 2.52. The number of thiophene rings is 8. The summed E-state index contributed by atoms with van der Waals surface area (Å²) in [5, 5.41) is 0. The van der Waals surface area contributed by atoms with Gasteiger partial charge in [0.2, 0.25) is 0 Å². The minimum Gasteiger partial charge on any atom is -0.134 e. The summed E-state index contributed by atoms with van der Waals surface area (Å²) in [6.07, 6.45) is 25.1. The first-order valence-corrected chi connectivity index (χ1v) is 35.1. The van der Waals surface area contributed by atoms with Gasteiger partial charge < -0.3 is 0 Å². The molecule has 0 saturated heterocycles. The molecule has 8 aromatic heterocycles. The third-order valence-corrected chi connectivity index (χ3v) is 25.1. The maximum atomic E-state index is 2.59. The molecular weight excluding hydrogens is 1070 g/mol. The minimum absolute atomic E-state index is 1.14. The van der Waals surface area contributed by atoms with Gasteiger partial charge in [-0.2, -0.15) is 0 Å². The van der Waals surface area contributed by atoms with E-state index in [0.717, 1.165) is 25.7 Å². The summed E-state index contributed by atoms with van der Waals surface area (Å²) in [5.74, 6) is 0. The highest BCUT2D eigenvalue weighted by Gasteiger charge is 2.22. The van der Waals surface area contributed by atoms with Crippen LogP contribution in [0.1, 0.15) is 153 Å². The lowest BCUT2D eigenvalue weighted by atomic mass is 10.0. The van der Waals surface area contributed by atoms with E-state index < -0.39 is 0 Å². The molecule has 0 atom stereocenters. The van der Waals surface area contributed by atoms with Crippen LogP contribution in [-0.4, -0.2) is 0 Å². The van der Waals surface area contributed by atoms with Crippen molar-refractivity contribution in [3.63, 3.8) is 0 Å². The fourth-order valence-electron chi connectivity index (χ4n) is 10.4. The number of hydrogen-bond acceptors (Lipinski definition) is 8. The quantitative estimate of drug-likeness (QED) is 0.0410. The van der Waals surface area contributed by atoms with E-state index >= 15 is 0 Å². The molecule has 8 heterocycles. The Hall–Kier alpha value is -3.96. The van der Waals surface area contributed by atoms with Crippen LogP contribution >= 0.6 is 90.7 Å². The monoisotopic (exact) mass is 1150 g/mol. The topological polar surface area (TPSA) is 0 Å². The van der Waals surface area contributed by atoms with Crippen molar-refractivity contribution in [3.05, 3.63) is 156 Å². The van der Waals surface area contributed by atoms with Gasteiger partial charge in [-0.25, -0.2) is 0 Å². The van der Waals surface area contributed by atoms with Crippen LogP contribution in [-0.2, 0) is 25.7 Å². The second-order valence-corrected chi connectivity index (χ2v) is 29.0. The molecule has 0 amide bonds. The average molecular weight is 1150 g/mol. The molecule has 10 aromatic rings. The SMILES string of the molecule is CCCCCCc1cc(-c2ccccc2)sc1-c1ccc(-c2ccc(-c3sc(-c4cc(CCCCCC)c(-c5ccc(-c6ccc(-c7sc(-c8ccccc8)cc7CCCCCC)s6)s5)s4)cc3CCCCCC)s2)s1. The van der Waals surface area contributed by atoms with Gasteiger partial charge in [0, 0.05) is 78.0 Å². The molecule has 0 spiro atoms. The summed E-state index contributed by atoms with van der Waals surface area (Å²) in [6, 6.07) is 51.4. The highest BCUT2D eigenvalue weighted by molar-refractivity contribution is 7.32. The van der Waals surface area contributed by atoms with Gasteiger partial charge in [-0.1, -0.05) is 165 Å². The first kappa shape index (κ1) is 55.4. The largest absolute Gasteiger partial charge is 0.134 e. The maximum absolute atomic E-state index is 2.59. The number of hydrogen-bond donors (Lipinski definition) is 0. The Labute approximate surface area is 487 Å². The molecule has 0 radical (unpaired) electrons. The zero-order chi connectivity index (χ0) is 52.1. The van der Waals surface area contributed by atoms with E-state index in [1.165, 1.54) is 214 Å². The first-order valence-electron chi connectivity index (χ1n) is 28.5. The summed E-state index contributed by atoms with van der Waals surface area (Å²) in [7, 11) is 0. The third-order valence-electron chi connectivity index (χ3n) is 14.6. The van der Waals surface area contributed by atoms with Gasteiger partial charge in [0.15, 0.2) is 0 Å². The lowest BCUT2D eigenvalue weighted by Gasteiger charge is -2.02. The van der Waals surface area contributed by atoms with Gasteiger partial charge in [-0.15, -0.1) is 90.7 Å². The molecule has 0 fully saturated rings. The van der Waals surface area contributed by atoms with Crippen LogP contribution in [0.15, 0.2) is 133 Å². The summed E-state index contributed by atoms with van der Waals surface area (Å²) in [4.78, 5) is 22.8. The van der Waals surface area contributed by atoms with Gasteiger partial charge >= 0.3 is 0 Å². The van der Waals surface area contributed by atoms with Crippen LogP contribution in [0.5, 0.6) is 0 Å². The zero-order valence-corrected chi connectivity index (χ0v) is 51.6. The summed E-state index contributed by atoms with van der Waals surface area (Å²) in [6.45, 7) is 9.27. The normalized spacial score (nSPS) is 11.7. The van der Waals surface area contributed by atoms with Gasteiger partial charge in [0.1, 0.15) is 0 Å². The van der Waals surface area contributed by atoms with Crippen molar-refractivity contribution >= 4 is 90.7 Å². The predicted molar refractivity (Wildman–Crippen MR) is 350 cm³/mol. The second-order valence-electron chi connectivity index (χ2n) is 20.5. The smallest absolute Gasteiger partial charge is 0.0481 e. The molecule has 76 heavy (non-hydrogen) atoms. The Kier molecular flexibility index (Phi) is 20.2. The van der Waals surface area contributed by atoms with Crippen LogP contribution in [0.25, 0.3) is 89.2 Å².